The summed E-state index contributed by atoms with van der Waals surface area (Å²) in [5.41, 5.74) is 4.22. The van der Waals surface area contributed by atoms with Crippen LogP contribution in [-0.4, -0.2) is 6.21 Å². The molecule has 0 aromatic heterocycles. The van der Waals surface area contributed by atoms with Crippen molar-refractivity contribution < 1.29 is 0 Å². The fourth-order valence-electron chi connectivity index (χ4n) is 1.55. The molecule has 1 rings (SSSR count). The molecule has 0 spiro atoms. The van der Waals surface area contributed by atoms with Crippen molar-refractivity contribution >= 4 is 6.21 Å². The molecule has 0 saturated heterocycles. The molecule has 1 aromatic carbocycles. The van der Waals surface area contributed by atoms with E-state index in [1.54, 1.807) is 0 Å². The maximum Gasteiger partial charge on any atom is 0.0558 e. The van der Waals surface area contributed by atoms with Crippen molar-refractivity contribution in [3.63, 3.8) is 0 Å². The molecule has 0 radical (unpaired) electrons. The number of unbranched alkanes of at least 4 members (excludes halogenated alkanes) is 1. The molecule has 0 bridgehead atoms. The second-order valence-electron chi connectivity index (χ2n) is 4.76. The highest BCUT2D eigenvalue weighted by molar-refractivity contribution is 5.80. The van der Waals surface area contributed by atoms with Gasteiger partial charge in [0.1, 0.15) is 0 Å². The topological polar surface area (TPSA) is 12.4 Å². The third-order valence-electron chi connectivity index (χ3n) is 2.82. The van der Waals surface area contributed by atoms with Gasteiger partial charge in [-0.3, -0.25) is 4.99 Å². The van der Waals surface area contributed by atoms with E-state index in [9.17, 15) is 0 Å². The second-order valence-corrected chi connectivity index (χ2v) is 4.76. The molecule has 1 heteroatoms. The van der Waals surface area contributed by atoms with E-state index in [0.717, 1.165) is 23.3 Å². The van der Waals surface area contributed by atoms with Gasteiger partial charge in [-0.15, -0.1) is 0 Å². The zero-order valence-corrected chi connectivity index (χ0v) is 12.0. The van der Waals surface area contributed by atoms with Crippen molar-refractivity contribution in [2.45, 2.75) is 33.1 Å². The molecule has 0 amide bonds. The number of hydrogen-bond donors (Lipinski definition) is 0. The Morgan fingerprint density at radius 1 is 1.16 bits per heavy atom. The lowest BCUT2D eigenvalue weighted by Crippen LogP contribution is -1.82. The molecule has 0 atom stereocenters. The molecule has 0 heterocycles. The summed E-state index contributed by atoms with van der Waals surface area (Å²) in [7, 11) is 0. The van der Waals surface area contributed by atoms with Gasteiger partial charge in [-0.25, -0.2) is 0 Å². The number of benzene rings is 1. The van der Waals surface area contributed by atoms with Gasteiger partial charge >= 0.3 is 0 Å². The lowest BCUT2D eigenvalue weighted by molar-refractivity contribution is 0.799. The van der Waals surface area contributed by atoms with Crippen molar-refractivity contribution in [1.29, 1.82) is 0 Å². The van der Waals surface area contributed by atoms with Gasteiger partial charge in [0, 0.05) is 6.21 Å². The Kier molecular flexibility index (Phi) is 6.59. The molecule has 0 aliphatic heterocycles. The Bertz CT molecular complexity index is 475. The van der Waals surface area contributed by atoms with Gasteiger partial charge in [0.25, 0.3) is 0 Å². The van der Waals surface area contributed by atoms with E-state index in [-0.39, 0.29) is 0 Å². The maximum absolute atomic E-state index is 4.33. The van der Waals surface area contributed by atoms with Crippen molar-refractivity contribution in [1.82, 2.24) is 0 Å². The van der Waals surface area contributed by atoms with Crippen molar-refractivity contribution in [2.75, 3.05) is 0 Å². The molecule has 0 aliphatic rings. The van der Waals surface area contributed by atoms with Gasteiger partial charge in [-0.2, -0.15) is 0 Å². The van der Waals surface area contributed by atoms with Crippen LogP contribution in [0.5, 0.6) is 0 Å². The highest BCUT2D eigenvalue weighted by Gasteiger charge is 1.90. The van der Waals surface area contributed by atoms with Crippen LogP contribution in [0.15, 0.2) is 65.8 Å². The predicted molar refractivity (Wildman–Crippen MR) is 85.7 cm³/mol. The minimum atomic E-state index is 0.748. The van der Waals surface area contributed by atoms with Crippen LogP contribution in [0.1, 0.15) is 37.3 Å². The molecule has 0 fully saturated rings. The molecule has 1 aromatic rings. The number of hydrogen-bond acceptors (Lipinski definition) is 1. The zero-order chi connectivity index (χ0) is 14.1. The van der Waals surface area contributed by atoms with Crippen LogP contribution in [0, 0.1) is 6.92 Å². The van der Waals surface area contributed by atoms with Gasteiger partial charge in [-0.05, 0) is 31.4 Å². The third kappa shape index (κ3) is 6.56. The number of allylic oxidation sites excluding steroid dienone is 3. The summed E-state index contributed by atoms with van der Waals surface area (Å²) in [5.74, 6) is 0. The molecule has 1 nitrogen and oxygen atoms in total. The minimum absolute atomic E-state index is 0.748. The van der Waals surface area contributed by atoms with E-state index in [1.807, 2.05) is 18.4 Å². The van der Waals surface area contributed by atoms with Gasteiger partial charge in [-0.1, -0.05) is 68.0 Å². The van der Waals surface area contributed by atoms with E-state index in [1.165, 1.54) is 18.4 Å². The lowest BCUT2D eigenvalue weighted by Gasteiger charge is -1.97. The number of nitrogens with zero attached hydrogens (tertiary/aromatic N) is 1. The highest BCUT2D eigenvalue weighted by atomic mass is 14.7. The van der Waals surface area contributed by atoms with Crippen LogP contribution in [0.25, 0.3) is 0 Å². The highest BCUT2D eigenvalue weighted by Crippen LogP contribution is 2.08. The Balaban J connectivity index is 2.48. The number of rotatable bonds is 7. The molecule has 0 unspecified atom stereocenters. The molecule has 100 valence electrons. The predicted octanol–water partition coefficient (Wildman–Crippen LogP) is 5.23. The second kappa shape index (κ2) is 8.25. The molecule has 0 aliphatic carbocycles. The van der Waals surface area contributed by atoms with E-state index < -0.39 is 0 Å². The average molecular weight is 253 g/mol. The van der Waals surface area contributed by atoms with Crippen LogP contribution in [0.2, 0.25) is 0 Å². The standard InChI is InChI=1S/C18H23N/c1-5-6-7-15(2)8-11-17(4)19-14-18-12-9-16(3)10-13-18/h8-14H,2,4-7H2,1,3H3/b11-8-,19-14?. The number of aryl methyl sites for hydroxylation is 1. The lowest BCUT2D eigenvalue weighted by atomic mass is 10.1. The normalized spacial score (nSPS) is 11.3. The first-order valence-electron chi connectivity index (χ1n) is 6.77. The van der Waals surface area contributed by atoms with Crippen molar-refractivity contribution in [3.8, 4) is 0 Å². The molecular weight excluding hydrogens is 230 g/mol. The Labute approximate surface area is 117 Å². The van der Waals surface area contributed by atoms with E-state index in [0.29, 0.717) is 0 Å². The summed E-state index contributed by atoms with van der Waals surface area (Å²) in [6.07, 6.45) is 9.18. The monoisotopic (exact) mass is 253 g/mol. The SMILES string of the molecule is C=C(/C=C\C(=C)N=Cc1ccc(C)cc1)CCCC. The zero-order valence-electron chi connectivity index (χ0n) is 12.0. The van der Waals surface area contributed by atoms with Gasteiger partial charge in [0.2, 0.25) is 0 Å². The summed E-state index contributed by atoms with van der Waals surface area (Å²) in [6, 6.07) is 8.26. The molecule has 19 heavy (non-hydrogen) atoms. The fourth-order valence-corrected chi connectivity index (χ4v) is 1.55. The van der Waals surface area contributed by atoms with Crippen molar-refractivity contribution in [2.24, 2.45) is 4.99 Å². The minimum Gasteiger partial charge on any atom is -0.257 e. The third-order valence-corrected chi connectivity index (χ3v) is 2.82. The largest absolute Gasteiger partial charge is 0.257 e. The molecular formula is C18H23N. The van der Waals surface area contributed by atoms with Crippen LogP contribution in [0.3, 0.4) is 0 Å². The van der Waals surface area contributed by atoms with E-state index >= 15 is 0 Å². The van der Waals surface area contributed by atoms with E-state index in [2.05, 4.69) is 56.3 Å². The smallest absolute Gasteiger partial charge is 0.0558 e. The quantitative estimate of drug-likeness (QED) is 0.466. The average Bonchev–Trinajstić information content (AvgIpc) is 2.42. The Morgan fingerprint density at radius 2 is 1.84 bits per heavy atom. The van der Waals surface area contributed by atoms with Crippen LogP contribution in [0.4, 0.5) is 0 Å². The summed E-state index contributed by atoms with van der Waals surface area (Å²) in [4.78, 5) is 4.33. The van der Waals surface area contributed by atoms with Crippen molar-refractivity contribution in [3.05, 3.63) is 72.0 Å². The van der Waals surface area contributed by atoms with Crippen LogP contribution in [-0.2, 0) is 0 Å². The first-order valence-corrected chi connectivity index (χ1v) is 6.77. The summed E-state index contributed by atoms with van der Waals surface area (Å²) in [6.45, 7) is 12.2. The van der Waals surface area contributed by atoms with Gasteiger partial charge in [0.05, 0.1) is 5.70 Å². The van der Waals surface area contributed by atoms with Gasteiger partial charge < -0.3 is 0 Å². The first kappa shape index (κ1) is 15.2. The Morgan fingerprint density at radius 3 is 2.47 bits per heavy atom. The van der Waals surface area contributed by atoms with E-state index in [4.69, 9.17) is 0 Å². The molecule has 0 N–H and O–H groups in total. The summed E-state index contributed by atoms with van der Waals surface area (Å²) in [5, 5.41) is 0. The number of aliphatic imine (C=N–C) groups is 1. The fraction of sp³-hybridized carbons (Fsp3) is 0.278. The molecule has 0 saturated carbocycles. The van der Waals surface area contributed by atoms with Crippen LogP contribution >= 0.6 is 0 Å². The van der Waals surface area contributed by atoms with Crippen LogP contribution < -0.4 is 0 Å². The summed E-state index contributed by atoms with van der Waals surface area (Å²) < 4.78 is 0. The first-order chi connectivity index (χ1) is 9.11. The van der Waals surface area contributed by atoms with Gasteiger partial charge in [0.15, 0.2) is 0 Å². The maximum atomic E-state index is 4.33. The summed E-state index contributed by atoms with van der Waals surface area (Å²) >= 11 is 0. The Hall–Kier alpha value is -1.89.